The first-order valence-corrected chi connectivity index (χ1v) is 11.1. The van der Waals surface area contributed by atoms with Crippen LogP contribution in [0, 0.1) is 0 Å². The van der Waals surface area contributed by atoms with Crippen molar-refractivity contribution in [3.05, 3.63) is 0 Å². The van der Waals surface area contributed by atoms with E-state index in [1.165, 1.54) is 11.5 Å². The maximum absolute atomic E-state index is 4.44. The van der Waals surface area contributed by atoms with E-state index in [2.05, 4.69) is 57.4 Å². The Kier molecular flexibility index (Phi) is 15.4. The lowest BCUT2D eigenvalue weighted by atomic mass is 10.5. The summed E-state index contributed by atoms with van der Waals surface area (Å²) in [6.07, 6.45) is 0. The van der Waals surface area contributed by atoms with Gasteiger partial charge in [-0.25, -0.2) is 0 Å². The minimum Gasteiger partial charge on any atom is -0.178 e. The fourth-order valence-electron chi connectivity index (χ4n) is 1.10. The van der Waals surface area contributed by atoms with Gasteiger partial charge in [0.25, 0.3) is 0 Å². The monoisotopic (exact) mass is 366 g/mol. The van der Waals surface area contributed by atoms with Crippen LogP contribution in [0.1, 0.15) is 6.92 Å². The Bertz CT molecular complexity index is 165. The molecule has 0 aliphatic heterocycles. The SMILES string of the molecule is CCSCC(CS)SC(CS)CSCC(S)S. The number of rotatable bonds is 11. The molecular weight excluding hydrogens is 345 g/mol. The zero-order valence-electron chi connectivity index (χ0n) is 9.99. The van der Waals surface area contributed by atoms with Crippen LogP contribution in [-0.2, 0) is 0 Å². The van der Waals surface area contributed by atoms with E-state index in [0.29, 0.717) is 10.5 Å². The van der Waals surface area contributed by atoms with Crippen LogP contribution in [0.3, 0.4) is 0 Å². The lowest BCUT2D eigenvalue weighted by Gasteiger charge is -2.20. The molecule has 0 spiro atoms. The van der Waals surface area contributed by atoms with Crippen molar-refractivity contribution in [1.82, 2.24) is 0 Å². The Morgan fingerprint density at radius 2 is 1.41 bits per heavy atom. The summed E-state index contributed by atoms with van der Waals surface area (Å²) < 4.78 is 0.182. The maximum Gasteiger partial charge on any atom is 0.0532 e. The minimum absolute atomic E-state index is 0.182. The van der Waals surface area contributed by atoms with Crippen LogP contribution in [-0.4, -0.2) is 49.6 Å². The van der Waals surface area contributed by atoms with Gasteiger partial charge in [-0.15, -0.1) is 0 Å². The second-order valence-corrected chi connectivity index (χ2v) is 9.81. The van der Waals surface area contributed by atoms with E-state index in [4.69, 9.17) is 0 Å². The van der Waals surface area contributed by atoms with Crippen LogP contribution in [0.25, 0.3) is 0 Å². The summed E-state index contributed by atoms with van der Waals surface area (Å²) in [5, 5.41) is 1.25. The molecule has 0 radical (unpaired) electrons. The Morgan fingerprint density at radius 3 is 1.82 bits per heavy atom. The molecule has 0 nitrogen and oxygen atoms in total. The van der Waals surface area contributed by atoms with E-state index in [1.807, 2.05) is 35.3 Å². The van der Waals surface area contributed by atoms with Crippen molar-refractivity contribution in [2.45, 2.75) is 22.0 Å². The van der Waals surface area contributed by atoms with Gasteiger partial charge in [-0.05, 0) is 5.75 Å². The zero-order chi connectivity index (χ0) is 13.1. The molecule has 0 fully saturated rings. The highest BCUT2D eigenvalue weighted by Gasteiger charge is 2.15. The van der Waals surface area contributed by atoms with Crippen LogP contribution in [0.5, 0.6) is 0 Å². The largest absolute Gasteiger partial charge is 0.178 e. The van der Waals surface area contributed by atoms with Crippen LogP contribution in [0.15, 0.2) is 0 Å². The molecule has 0 N–H and O–H groups in total. The lowest BCUT2D eigenvalue weighted by molar-refractivity contribution is 1.09. The maximum atomic E-state index is 4.44. The number of hydrogen-bond donors (Lipinski definition) is 4. The van der Waals surface area contributed by atoms with Crippen molar-refractivity contribution in [1.29, 1.82) is 0 Å². The fraction of sp³-hybridized carbons (Fsp3) is 1.00. The highest BCUT2D eigenvalue weighted by Crippen LogP contribution is 2.26. The van der Waals surface area contributed by atoms with E-state index < -0.39 is 0 Å². The molecule has 2 unspecified atom stereocenters. The number of thioether (sulfide) groups is 3. The second kappa shape index (κ2) is 13.4. The second-order valence-electron chi connectivity index (χ2n) is 3.42. The van der Waals surface area contributed by atoms with Gasteiger partial charge >= 0.3 is 0 Å². The van der Waals surface area contributed by atoms with Crippen LogP contribution in [0.4, 0.5) is 0 Å². The van der Waals surface area contributed by atoms with Gasteiger partial charge in [-0.3, -0.25) is 0 Å². The molecular formula is C10H22S7. The van der Waals surface area contributed by atoms with Gasteiger partial charge in [0.1, 0.15) is 0 Å². The molecule has 0 rings (SSSR count). The molecule has 0 heterocycles. The predicted octanol–water partition coefficient (Wildman–Crippen LogP) is 3.99. The van der Waals surface area contributed by atoms with E-state index in [-0.39, 0.29) is 4.58 Å². The molecule has 0 bridgehead atoms. The van der Waals surface area contributed by atoms with Crippen LogP contribution in [0.2, 0.25) is 0 Å². The third-order valence-corrected chi connectivity index (χ3v) is 8.22. The molecule has 0 aliphatic rings. The molecule has 2 atom stereocenters. The average Bonchev–Trinajstić information content (AvgIpc) is 2.31. The van der Waals surface area contributed by atoms with Crippen molar-refractivity contribution in [2.75, 3.05) is 34.5 Å². The van der Waals surface area contributed by atoms with Gasteiger partial charge in [-0.2, -0.15) is 85.8 Å². The Hall–Kier alpha value is 2.45. The van der Waals surface area contributed by atoms with Crippen molar-refractivity contribution >= 4 is 85.8 Å². The third kappa shape index (κ3) is 11.9. The average molecular weight is 367 g/mol. The molecule has 17 heavy (non-hydrogen) atoms. The quantitative estimate of drug-likeness (QED) is 0.323. The Morgan fingerprint density at radius 1 is 0.882 bits per heavy atom. The summed E-state index contributed by atoms with van der Waals surface area (Å²) in [6, 6.07) is 0. The highest BCUT2D eigenvalue weighted by molar-refractivity contribution is 8.07. The smallest absolute Gasteiger partial charge is 0.0532 e. The predicted molar refractivity (Wildman–Crippen MR) is 105 cm³/mol. The minimum atomic E-state index is 0.182. The van der Waals surface area contributed by atoms with Gasteiger partial charge in [-0.1, -0.05) is 6.92 Å². The molecule has 0 aromatic carbocycles. The van der Waals surface area contributed by atoms with Gasteiger partial charge in [0.2, 0.25) is 0 Å². The molecule has 0 saturated heterocycles. The normalized spacial score (nSPS) is 15.2. The van der Waals surface area contributed by atoms with Crippen LogP contribution >= 0.6 is 85.8 Å². The molecule has 0 aromatic rings. The van der Waals surface area contributed by atoms with Gasteiger partial charge in [0.15, 0.2) is 0 Å². The summed E-state index contributed by atoms with van der Waals surface area (Å²) in [5.41, 5.74) is 0. The molecule has 0 saturated carbocycles. The Balaban J connectivity index is 3.82. The third-order valence-electron chi connectivity index (χ3n) is 1.87. The number of hydrogen-bond acceptors (Lipinski definition) is 7. The summed E-state index contributed by atoms with van der Waals surface area (Å²) in [4.78, 5) is 0. The molecule has 7 heteroatoms. The topological polar surface area (TPSA) is 0 Å². The van der Waals surface area contributed by atoms with Gasteiger partial charge in [0, 0.05) is 39.3 Å². The van der Waals surface area contributed by atoms with Crippen molar-refractivity contribution < 1.29 is 0 Å². The highest BCUT2D eigenvalue weighted by atomic mass is 32.2. The first-order valence-electron chi connectivity index (χ1n) is 5.52. The van der Waals surface area contributed by atoms with Gasteiger partial charge < -0.3 is 0 Å². The summed E-state index contributed by atoms with van der Waals surface area (Å²) in [7, 11) is 0. The first-order chi connectivity index (χ1) is 8.13. The fourth-order valence-corrected chi connectivity index (χ4v) is 6.12. The lowest BCUT2D eigenvalue weighted by Crippen LogP contribution is -2.19. The molecule has 0 amide bonds. The molecule has 104 valence electrons. The van der Waals surface area contributed by atoms with Gasteiger partial charge in [0.05, 0.1) is 4.58 Å². The van der Waals surface area contributed by atoms with Crippen molar-refractivity contribution in [3.8, 4) is 0 Å². The summed E-state index contributed by atoms with van der Waals surface area (Å²) in [5.74, 6) is 6.39. The number of thiol groups is 4. The van der Waals surface area contributed by atoms with Crippen molar-refractivity contribution in [2.24, 2.45) is 0 Å². The standard InChI is InChI=1S/C10H22S7/c1-2-15-5-8(3-11)17-9(4-12)6-16-7-10(13)14/h8-14H,2-7H2,1H3. The first kappa shape index (κ1) is 19.4. The molecule has 0 aromatic heterocycles. The van der Waals surface area contributed by atoms with E-state index in [1.54, 1.807) is 0 Å². The molecule has 0 aliphatic carbocycles. The van der Waals surface area contributed by atoms with E-state index in [9.17, 15) is 0 Å². The van der Waals surface area contributed by atoms with E-state index in [0.717, 1.165) is 23.0 Å². The van der Waals surface area contributed by atoms with Crippen LogP contribution < -0.4 is 0 Å². The van der Waals surface area contributed by atoms with Crippen molar-refractivity contribution in [3.63, 3.8) is 0 Å². The summed E-state index contributed by atoms with van der Waals surface area (Å²) >= 11 is 23.4. The Labute approximate surface area is 141 Å². The summed E-state index contributed by atoms with van der Waals surface area (Å²) in [6.45, 7) is 2.20. The zero-order valence-corrected chi connectivity index (χ0v) is 16.0. The van der Waals surface area contributed by atoms with E-state index >= 15 is 0 Å².